The van der Waals surface area contributed by atoms with Gasteiger partial charge in [-0.2, -0.15) is 0 Å². The Morgan fingerprint density at radius 3 is 2.48 bits per heavy atom. The third-order valence-corrected chi connectivity index (χ3v) is 8.60. The van der Waals surface area contributed by atoms with Gasteiger partial charge in [0, 0.05) is 37.8 Å². The van der Waals surface area contributed by atoms with Crippen LogP contribution in [0.3, 0.4) is 0 Å². The summed E-state index contributed by atoms with van der Waals surface area (Å²) in [5, 5.41) is 0. The maximum atomic E-state index is 13.2. The molecule has 1 aliphatic carbocycles. The topological polar surface area (TPSA) is 71.4 Å². The number of aromatic nitrogens is 1. The first-order valence-electron chi connectivity index (χ1n) is 11.5. The second-order valence-corrected chi connectivity index (χ2v) is 11.2. The van der Waals surface area contributed by atoms with Crippen molar-refractivity contribution in [3.8, 4) is 0 Å². The average Bonchev–Trinajstić information content (AvgIpc) is 2.77. The maximum absolute atomic E-state index is 13.2. The predicted octanol–water partition coefficient (Wildman–Crippen LogP) is 3.65. The summed E-state index contributed by atoms with van der Waals surface area (Å²) in [6.07, 6.45) is 7.94. The first kappa shape index (κ1) is 20.8. The van der Waals surface area contributed by atoms with E-state index in [0.717, 1.165) is 31.1 Å². The molecule has 0 spiro atoms. The van der Waals surface area contributed by atoms with E-state index < -0.39 is 10.0 Å². The molecule has 2 atom stereocenters. The molecule has 1 aromatic heterocycles. The lowest BCUT2D eigenvalue weighted by atomic mass is 9.81. The van der Waals surface area contributed by atoms with E-state index in [-0.39, 0.29) is 16.1 Å². The fourth-order valence-electron chi connectivity index (χ4n) is 5.81. The van der Waals surface area contributed by atoms with Crippen molar-refractivity contribution in [2.24, 2.45) is 11.8 Å². The zero-order chi connectivity index (χ0) is 21.4. The molecule has 31 heavy (non-hydrogen) atoms. The summed E-state index contributed by atoms with van der Waals surface area (Å²) >= 11 is 0. The van der Waals surface area contributed by atoms with Gasteiger partial charge in [-0.25, -0.2) is 8.42 Å². The smallest absolute Gasteiger partial charge is 0.275 e. The van der Waals surface area contributed by atoms with Crippen LogP contribution in [0.4, 0.5) is 5.69 Å². The molecule has 1 N–H and O–H groups in total. The standard InChI is InChI=1S/C24H31N3O3S/c28-24-22(25-31(29,30)21-9-5-2-6-10-21)11-12-23-20-13-19(16-27(23)24)15-26(17-20)14-18-7-3-1-4-8-18/h2,5-6,9-12,18-20,25H,1,3-4,7-8,13-17H2. The van der Waals surface area contributed by atoms with Crippen molar-refractivity contribution in [3.63, 3.8) is 0 Å². The van der Waals surface area contributed by atoms with Gasteiger partial charge in [-0.05, 0) is 55.4 Å². The fourth-order valence-corrected chi connectivity index (χ4v) is 6.89. The molecule has 5 rings (SSSR count). The lowest BCUT2D eigenvalue weighted by molar-refractivity contribution is 0.0968. The van der Waals surface area contributed by atoms with Crippen molar-refractivity contribution in [3.05, 3.63) is 58.5 Å². The first-order valence-corrected chi connectivity index (χ1v) is 13.0. The number of sulfonamides is 1. The molecular weight excluding hydrogens is 410 g/mol. The summed E-state index contributed by atoms with van der Waals surface area (Å²) in [4.78, 5) is 16.0. The van der Waals surface area contributed by atoms with E-state index in [1.54, 1.807) is 24.3 Å². The minimum absolute atomic E-state index is 0.131. The molecule has 2 aromatic rings. The van der Waals surface area contributed by atoms with E-state index in [9.17, 15) is 13.2 Å². The molecule has 0 amide bonds. The van der Waals surface area contributed by atoms with Crippen LogP contribution in [0.5, 0.6) is 0 Å². The van der Waals surface area contributed by atoms with Gasteiger partial charge in [0.25, 0.3) is 15.6 Å². The highest BCUT2D eigenvalue weighted by atomic mass is 32.2. The number of fused-ring (bicyclic) bond motifs is 4. The van der Waals surface area contributed by atoms with Crippen LogP contribution in [-0.2, 0) is 16.6 Å². The van der Waals surface area contributed by atoms with E-state index in [4.69, 9.17) is 0 Å². The van der Waals surface area contributed by atoms with Crippen LogP contribution in [0.25, 0.3) is 0 Å². The van der Waals surface area contributed by atoms with Crippen molar-refractivity contribution in [1.82, 2.24) is 9.47 Å². The zero-order valence-electron chi connectivity index (χ0n) is 17.9. The van der Waals surface area contributed by atoms with Crippen LogP contribution in [0.15, 0.2) is 52.2 Å². The van der Waals surface area contributed by atoms with E-state index in [1.165, 1.54) is 50.8 Å². The highest BCUT2D eigenvalue weighted by Crippen LogP contribution is 2.36. The van der Waals surface area contributed by atoms with Crippen LogP contribution < -0.4 is 10.3 Å². The molecule has 0 radical (unpaired) electrons. The minimum atomic E-state index is -3.78. The van der Waals surface area contributed by atoms with Crippen molar-refractivity contribution in [2.45, 2.75) is 55.9 Å². The number of nitrogens with zero attached hydrogens (tertiary/aromatic N) is 2. The van der Waals surface area contributed by atoms with Crippen LogP contribution in [0.2, 0.25) is 0 Å². The molecule has 3 aliphatic rings. The Labute approximate surface area is 184 Å². The second-order valence-electron chi connectivity index (χ2n) is 9.53. The Bertz CT molecular complexity index is 1090. The molecule has 6 nitrogen and oxygen atoms in total. The van der Waals surface area contributed by atoms with Gasteiger partial charge in [0.15, 0.2) is 0 Å². The molecule has 2 aliphatic heterocycles. The molecule has 1 aromatic carbocycles. The molecule has 166 valence electrons. The summed E-state index contributed by atoms with van der Waals surface area (Å²) in [6, 6.07) is 11.8. The Hall–Kier alpha value is -2.12. The molecule has 7 heteroatoms. The minimum Gasteiger partial charge on any atom is -0.310 e. The van der Waals surface area contributed by atoms with Crippen molar-refractivity contribution < 1.29 is 8.42 Å². The number of piperidine rings is 1. The van der Waals surface area contributed by atoms with E-state index in [0.29, 0.717) is 18.4 Å². The number of hydrogen-bond donors (Lipinski definition) is 1. The summed E-state index contributed by atoms with van der Waals surface area (Å²) in [7, 11) is -3.78. The summed E-state index contributed by atoms with van der Waals surface area (Å²) in [6.45, 7) is 3.90. The van der Waals surface area contributed by atoms with Gasteiger partial charge in [-0.3, -0.25) is 9.52 Å². The number of pyridine rings is 1. The monoisotopic (exact) mass is 441 g/mol. The maximum Gasteiger partial charge on any atom is 0.275 e. The van der Waals surface area contributed by atoms with Crippen molar-refractivity contribution in [2.75, 3.05) is 24.4 Å². The van der Waals surface area contributed by atoms with Gasteiger partial charge in [0.05, 0.1) is 4.90 Å². The van der Waals surface area contributed by atoms with Crippen LogP contribution in [-0.4, -0.2) is 37.5 Å². The van der Waals surface area contributed by atoms with E-state index in [2.05, 4.69) is 9.62 Å². The van der Waals surface area contributed by atoms with Crippen molar-refractivity contribution >= 4 is 15.7 Å². The van der Waals surface area contributed by atoms with Gasteiger partial charge in [0.2, 0.25) is 0 Å². The summed E-state index contributed by atoms with van der Waals surface area (Å²) in [5.74, 6) is 1.63. The van der Waals surface area contributed by atoms with Gasteiger partial charge >= 0.3 is 0 Å². The Balaban J connectivity index is 1.35. The normalized spacial score (nSPS) is 24.5. The molecule has 2 unspecified atom stereocenters. The molecule has 1 saturated heterocycles. The van der Waals surface area contributed by atoms with Crippen LogP contribution in [0, 0.1) is 11.8 Å². The highest BCUT2D eigenvalue weighted by molar-refractivity contribution is 7.92. The van der Waals surface area contributed by atoms with Gasteiger partial charge in [0.1, 0.15) is 5.69 Å². The largest absolute Gasteiger partial charge is 0.310 e. The van der Waals surface area contributed by atoms with Crippen molar-refractivity contribution in [1.29, 1.82) is 0 Å². The predicted molar refractivity (Wildman–Crippen MR) is 122 cm³/mol. The quantitative estimate of drug-likeness (QED) is 0.769. The fraction of sp³-hybridized carbons (Fsp3) is 0.542. The van der Waals surface area contributed by atoms with Gasteiger partial charge in [-0.1, -0.05) is 37.5 Å². The summed E-state index contributed by atoms with van der Waals surface area (Å²) in [5.41, 5.74) is 0.955. The van der Waals surface area contributed by atoms with E-state index >= 15 is 0 Å². The third-order valence-electron chi connectivity index (χ3n) is 7.22. The Morgan fingerprint density at radius 2 is 1.71 bits per heavy atom. The highest BCUT2D eigenvalue weighted by Gasteiger charge is 2.36. The molecular formula is C24H31N3O3S. The lowest BCUT2D eigenvalue weighted by Crippen LogP contribution is -2.48. The summed E-state index contributed by atoms with van der Waals surface area (Å²) < 4.78 is 29.7. The molecule has 1 saturated carbocycles. The molecule has 3 heterocycles. The molecule has 2 bridgehead atoms. The van der Waals surface area contributed by atoms with Gasteiger partial charge < -0.3 is 9.47 Å². The number of rotatable bonds is 5. The SMILES string of the molecule is O=c1c(NS(=O)(=O)c2ccccc2)ccc2n1CC1CC2CN(CC2CCCCC2)C1. The number of benzene rings is 1. The number of hydrogen-bond acceptors (Lipinski definition) is 4. The Morgan fingerprint density at radius 1 is 0.935 bits per heavy atom. The second kappa shape index (κ2) is 8.43. The lowest BCUT2D eigenvalue weighted by Gasteiger charge is -2.44. The first-order chi connectivity index (χ1) is 15.0. The van der Waals surface area contributed by atoms with Crippen LogP contribution in [0.1, 0.15) is 50.1 Å². The Kier molecular flexibility index (Phi) is 5.65. The van der Waals surface area contributed by atoms with Gasteiger partial charge in [-0.15, -0.1) is 0 Å². The number of likely N-dealkylation sites (tertiary alicyclic amines) is 1. The van der Waals surface area contributed by atoms with E-state index in [1.807, 2.05) is 10.6 Å². The number of anilines is 1. The third kappa shape index (κ3) is 4.30. The number of nitrogens with one attached hydrogen (secondary N) is 1. The molecule has 2 fully saturated rings. The van der Waals surface area contributed by atoms with Crippen LogP contribution >= 0.6 is 0 Å². The average molecular weight is 442 g/mol. The zero-order valence-corrected chi connectivity index (χ0v) is 18.7.